The van der Waals surface area contributed by atoms with Gasteiger partial charge >= 0.3 is 0 Å². The van der Waals surface area contributed by atoms with Gasteiger partial charge in [0.15, 0.2) is 5.96 Å². The highest BCUT2D eigenvalue weighted by Gasteiger charge is 2.09. The van der Waals surface area contributed by atoms with Gasteiger partial charge in [-0.2, -0.15) is 0 Å². The molecule has 1 rings (SSSR count). The van der Waals surface area contributed by atoms with Crippen LogP contribution < -0.4 is 11.1 Å². The summed E-state index contributed by atoms with van der Waals surface area (Å²) < 4.78 is 0. The van der Waals surface area contributed by atoms with Crippen molar-refractivity contribution in [2.45, 2.75) is 32.9 Å². The average molecular weight is 240 g/mol. The van der Waals surface area contributed by atoms with Crippen LogP contribution in [0.2, 0.25) is 5.02 Å². The number of benzene rings is 1. The SMILES string of the molecule is CC(C)(C)NC(N)=NCc1ccc(Cl)cc1. The lowest BCUT2D eigenvalue weighted by molar-refractivity contribution is 0.508. The lowest BCUT2D eigenvalue weighted by Gasteiger charge is -2.20. The third-order valence-electron chi connectivity index (χ3n) is 1.85. The minimum Gasteiger partial charge on any atom is -0.370 e. The second-order valence-electron chi connectivity index (χ2n) is 4.70. The topological polar surface area (TPSA) is 50.4 Å². The number of nitrogens with zero attached hydrogens (tertiary/aromatic N) is 1. The van der Waals surface area contributed by atoms with Crippen molar-refractivity contribution >= 4 is 17.6 Å². The van der Waals surface area contributed by atoms with Crippen LogP contribution in [0.25, 0.3) is 0 Å². The number of guanidine groups is 1. The van der Waals surface area contributed by atoms with Gasteiger partial charge in [0.05, 0.1) is 6.54 Å². The van der Waals surface area contributed by atoms with Crippen molar-refractivity contribution in [3.63, 3.8) is 0 Å². The van der Waals surface area contributed by atoms with Gasteiger partial charge in [-0.05, 0) is 38.5 Å². The third kappa shape index (κ3) is 5.03. The van der Waals surface area contributed by atoms with Gasteiger partial charge in [0, 0.05) is 10.6 Å². The van der Waals surface area contributed by atoms with E-state index in [9.17, 15) is 0 Å². The first-order chi connectivity index (χ1) is 7.37. The maximum absolute atomic E-state index is 5.79. The molecule has 0 saturated carbocycles. The van der Waals surface area contributed by atoms with Gasteiger partial charge in [-0.3, -0.25) is 0 Å². The van der Waals surface area contributed by atoms with Crippen LogP contribution in [0.5, 0.6) is 0 Å². The fourth-order valence-electron chi connectivity index (χ4n) is 1.19. The molecule has 3 nitrogen and oxygen atoms in total. The van der Waals surface area contributed by atoms with Crippen LogP contribution in [0, 0.1) is 0 Å². The van der Waals surface area contributed by atoms with Gasteiger partial charge in [0.1, 0.15) is 0 Å². The van der Waals surface area contributed by atoms with E-state index in [1.165, 1.54) is 0 Å². The van der Waals surface area contributed by atoms with Gasteiger partial charge in [-0.25, -0.2) is 4.99 Å². The van der Waals surface area contributed by atoms with Crippen LogP contribution in [0.3, 0.4) is 0 Å². The summed E-state index contributed by atoms with van der Waals surface area (Å²) in [5.74, 6) is 0.461. The zero-order chi connectivity index (χ0) is 12.2. The molecule has 0 aliphatic rings. The molecule has 0 aromatic heterocycles. The lowest BCUT2D eigenvalue weighted by Crippen LogP contribution is -2.44. The van der Waals surface area contributed by atoms with E-state index in [4.69, 9.17) is 17.3 Å². The van der Waals surface area contributed by atoms with E-state index in [0.29, 0.717) is 12.5 Å². The van der Waals surface area contributed by atoms with E-state index in [1.807, 2.05) is 45.0 Å². The third-order valence-corrected chi connectivity index (χ3v) is 2.10. The summed E-state index contributed by atoms with van der Waals surface area (Å²) in [4.78, 5) is 4.25. The lowest BCUT2D eigenvalue weighted by atomic mass is 10.1. The Morgan fingerprint density at radius 2 is 1.88 bits per heavy atom. The second kappa shape index (κ2) is 5.21. The molecule has 3 N–H and O–H groups in total. The van der Waals surface area contributed by atoms with E-state index < -0.39 is 0 Å². The molecular weight excluding hydrogens is 222 g/mol. The highest BCUT2D eigenvalue weighted by molar-refractivity contribution is 6.30. The van der Waals surface area contributed by atoms with E-state index in [-0.39, 0.29) is 5.54 Å². The molecule has 0 heterocycles. The van der Waals surface area contributed by atoms with E-state index in [2.05, 4.69) is 10.3 Å². The van der Waals surface area contributed by atoms with Crippen molar-refractivity contribution in [1.29, 1.82) is 0 Å². The molecule has 0 radical (unpaired) electrons. The number of aliphatic imine (C=N–C) groups is 1. The summed E-state index contributed by atoms with van der Waals surface area (Å²) in [6, 6.07) is 7.58. The van der Waals surface area contributed by atoms with Gasteiger partial charge in [0.2, 0.25) is 0 Å². The molecule has 1 aromatic rings. The molecule has 0 unspecified atom stereocenters. The predicted molar refractivity (Wildman–Crippen MR) is 69.7 cm³/mol. The molecule has 0 aliphatic carbocycles. The summed E-state index contributed by atoms with van der Waals surface area (Å²) in [6.45, 7) is 6.68. The Labute approximate surface area is 102 Å². The number of hydrogen-bond donors (Lipinski definition) is 2. The molecule has 0 aliphatic heterocycles. The zero-order valence-corrected chi connectivity index (χ0v) is 10.7. The van der Waals surface area contributed by atoms with Gasteiger partial charge < -0.3 is 11.1 Å². The Morgan fingerprint density at radius 3 is 2.38 bits per heavy atom. The average Bonchev–Trinajstić information content (AvgIpc) is 2.14. The Morgan fingerprint density at radius 1 is 1.31 bits per heavy atom. The minimum absolute atomic E-state index is 0.0619. The summed E-state index contributed by atoms with van der Waals surface area (Å²) in [5, 5.41) is 3.83. The first kappa shape index (κ1) is 12.8. The second-order valence-corrected chi connectivity index (χ2v) is 5.14. The van der Waals surface area contributed by atoms with Crippen molar-refractivity contribution in [3.05, 3.63) is 34.9 Å². The van der Waals surface area contributed by atoms with Gasteiger partial charge in [0.25, 0.3) is 0 Å². The fourth-order valence-corrected chi connectivity index (χ4v) is 1.32. The monoisotopic (exact) mass is 239 g/mol. The molecular formula is C12H18ClN3. The molecule has 1 aromatic carbocycles. The Kier molecular flexibility index (Phi) is 4.19. The maximum atomic E-state index is 5.79. The van der Waals surface area contributed by atoms with Gasteiger partial charge in [-0.15, -0.1) is 0 Å². The first-order valence-electron chi connectivity index (χ1n) is 5.19. The van der Waals surface area contributed by atoms with Crippen LogP contribution >= 0.6 is 11.6 Å². The van der Waals surface area contributed by atoms with Crippen molar-refractivity contribution in [3.8, 4) is 0 Å². The van der Waals surface area contributed by atoms with Crippen LogP contribution in [-0.2, 0) is 6.54 Å². The molecule has 88 valence electrons. The van der Waals surface area contributed by atoms with Crippen LogP contribution in [-0.4, -0.2) is 11.5 Å². The smallest absolute Gasteiger partial charge is 0.189 e. The van der Waals surface area contributed by atoms with Crippen LogP contribution in [0.15, 0.2) is 29.3 Å². The quantitative estimate of drug-likeness (QED) is 0.616. The number of rotatable bonds is 2. The number of nitrogens with two attached hydrogens (primary N) is 1. The summed E-state index contributed by atoms with van der Waals surface area (Å²) in [6.07, 6.45) is 0. The predicted octanol–water partition coefficient (Wildman–Crippen LogP) is 2.54. The highest BCUT2D eigenvalue weighted by atomic mass is 35.5. The Bertz CT molecular complexity index is 363. The molecule has 0 fully saturated rings. The number of nitrogens with one attached hydrogen (secondary N) is 1. The molecule has 16 heavy (non-hydrogen) atoms. The molecule has 0 amide bonds. The largest absolute Gasteiger partial charge is 0.370 e. The van der Waals surface area contributed by atoms with E-state index >= 15 is 0 Å². The van der Waals surface area contributed by atoms with Crippen molar-refractivity contribution in [2.75, 3.05) is 0 Å². The molecule has 0 saturated heterocycles. The molecule has 0 bridgehead atoms. The molecule has 4 heteroatoms. The summed E-state index contributed by atoms with van der Waals surface area (Å²) >= 11 is 5.79. The normalized spacial score (nSPS) is 12.6. The van der Waals surface area contributed by atoms with Crippen molar-refractivity contribution in [2.24, 2.45) is 10.7 Å². The van der Waals surface area contributed by atoms with E-state index in [0.717, 1.165) is 10.6 Å². The fraction of sp³-hybridized carbons (Fsp3) is 0.417. The summed E-state index contributed by atoms with van der Waals surface area (Å²) in [5.41, 5.74) is 6.77. The van der Waals surface area contributed by atoms with Gasteiger partial charge in [-0.1, -0.05) is 23.7 Å². The van der Waals surface area contributed by atoms with E-state index in [1.54, 1.807) is 0 Å². The minimum atomic E-state index is -0.0619. The van der Waals surface area contributed by atoms with Crippen LogP contribution in [0.1, 0.15) is 26.3 Å². The maximum Gasteiger partial charge on any atom is 0.189 e. The van der Waals surface area contributed by atoms with Crippen LogP contribution in [0.4, 0.5) is 0 Å². The number of halogens is 1. The zero-order valence-electron chi connectivity index (χ0n) is 9.92. The first-order valence-corrected chi connectivity index (χ1v) is 5.57. The Balaban J connectivity index is 2.56. The van der Waals surface area contributed by atoms with Crippen molar-refractivity contribution in [1.82, 2.24) is 5.32 Å². The molecule has 0 atom stereocenters. The Hall–Kier alpha value is -1.22. The molecule has 0 spiro atoms. The van der Waals surface area contributed by atoms with Crippen molar-refractivity contribution < 1.29 is 0 Å². The summed E-state index contributed by atoms with van der Waals surface area (Å²) in [7, 11) is 0. The highest BCUT2D eigenvalue weighted by Crippen LogP contribution is 2.10. The number of hydrogen-bond acceptors (Lipinski definition) is 1. The standard InChI is InChI=1S/C12H18ClN3/c1-12(2,3)16-11(14)15-8-9-4-6-10(13)7-5-9/h4-7H,8H2,1-3H3,(H3,14,15,16).